The maximum absolute atomic E-state index is 12.5. The summed E-state index contributed by atoms with van der Waals surface area (Å²) in [5, 5.41) is 18.0. The zero-order chi connectivity index (χ0) is 19.0. The highest BCUT2D eigenvalue weighted by molar-refractivity contribution is 6.04. The number of aromatic nitrogens is 4. The van der Waals surface area contributed by atoms with Crippen molar-refractivity contribution >= 4 is 28.4 Å². The van der Waals surface area contributed by atoms with E-state index in [2.05, 4.69) is 20.4 Å². The molecule has 0 spiro atoms. The Hall–Kier alpha value is -4.01. The number of nitrogens with one attached hydrogen (secondary N) is 2. The van der Waals surface area contributed by atoms with Crippen LogP contribution in [0, 0.1) is 17.0 Å². The summed E-state index contributed by atoms with van der Waals surface area (Å²) in [6.45, 7) is 1.79. The zero-order valence-corrected chi connectivity index (χ0v) is 14.2. The maximum atomic E-state index is 12.5. The number of hydrogen-bond acceptors (Lipinski definition) is 5. The van der Waals surface area contributed by atoms with E-state index < -0.39 is 10.8 Å². The molecule has 1 amide bonds. The molecule has 2 N–H and O–H groups in total. The quantitative estimate of drug-likeness (QED) is 0.427. The Morgan fingerprint density at radius 1 is 1.19 bits per heavy atom. The number of carbonyl (C=O) groups is 1. The largest absolute Gasteiger partial charge is 0.322 e. The number of para-hydroxylation sites is 2. The number of non-ortho nitro benzene ring substituents is 1. The van der Waals surface area contributed by atoms with Gasteiger partial charge in [0.05, 0.1) is 21.7 Å². The van der Waals surface area contributed by atoms with Gasteiger partial charge in [-0.25, -0.2) is 4.98 Å². The molecule has 0 aliphatic heterocycles. The Bertz CT molecular complexity index is 1140. The lowest BCUT2D eigenvalue weighted by atomic mass is 10.2. The summed E-state index contributed by atoms with van der Waals surface area (Å²) in [5.74, 6) is 0.387. The fraction of sp³-hybridized carbons (Fsp3) is 0.0556. The number of nitro benzene ring substituents is 1. The van der Waals surface area contributed by atoms with Crippen molar-refractivity contribution in [2.45, 2.75) is 6.92 Å². The molecule has 0 saturated carbocycles. The van der Waals surface area contributed by atoms with Crippen molar-refractivity contribution in [1.82, 2.24) is 19.7 Å². The first kappa shape index (κ1) is 16.5. The Kier molecular flexibility index (Phi) is 3.88. The van der Waals surface area contributed by atoms with Gasteiger partial charge in [0.15, 0.2) is 0 Å². The summed E-state index contributed by atoms with van der Waals surface area (Å²) in [6, 6.07) is 14.8. The molecule has 9 nitrogen and oxygen atoms in total. The van der Waals surface area contributed by atoms with Crippen molar-refractivity contribution in [2.24, 2.45) is 0 Å². The Morgan fingerprint density at radius 2 is 2.00 bits per heavy atom. The average Bonchev–Trinajstić information content (AvgIpc) is 3.24. The lowest BCUT2D eigenvalue weighted by Crippen LogP contribution is -2.15. The van der Waals surface area contributed by atoms with Crippen LogP contribution in [0.4, 0.5) is 11.5 Å². The molecule has 0 bridgehead atoms. The summed E-state index contributed by atoms with van der Waals surface area (Å²) in [4.78, 5) is 30.5. The van der Waals surface area contributed by atoms with E-state index in [4.69, 9.17) is 0 Å². The SMILES string of the molecule is Cc1cc(NC(=O)c2cccc([N+](=O)[O-])c2)n(-c2nc3ccccc3[nH]2)n1. The number of aromatic amines is 1. The van der Waals surface area contributed by atoms with E-state index in [1.807, 2.05) is 24.3 Å². The molecule has 0 aliphatic rings. The van der Waals surface area contributed by atoms with Crippen molar-refractivity contribution in [3.05, 3.63) is 76.0 Å². The number of benzene rings is 2. The van der Waals surface area contributed by atoms with E-state index in [0.717, 1.165) is 11.0 Å². The minimum Gasteiger partial charge on any atom is -0.322 e. The van der Waals surface area contributed by atoms with E-state index in [1.54, 1.807) is 13.0 Å². The van der Waals surface area contributed by atoms with Crippen LogP contribution < -0.4 is 5.32 Å². The van der Waals surface area contributed by atoms with Crippen LogP contribution >= 0.6 is 0 Å². The molecule has 0 unspecified atom stereocenters. The molecule has 27 heavy (non-hydrogen) atoms. The monoisotopic (exact) mass is 362 g/mol. The molecule has 2 heterocycles. The summed E-state index contributed by atoms with van der Waals surface area (Å²) < 4.78 is 1.49. The molecule has 0 fully saturated rings. The second-order valence-corrected chi connectivity index (χ2v) is 5.92. The molecule has 2 aromatic carbocycles. The fourth-order valence-electron chi connectivity index (χ4n) is 2.74. The summed E-state index contributed by atoms with van der Waals surface area (Å²) in [6.07, 6.45) is 0. The molecular formula is C18H14N6O3. The number of carbonyl (C=O) groups excluding carboxylic acids is 1. The first-order chi connectivity index (χ1) is 13.0. The van der Waals surface area contributed by atoms with Gasteiger partial charge in [-0.05, 0) is 25.1 Å². The number of H-pyrrole nitrogens is 1. The van der Waals surface area contributed by atoms with Crippen LogP contribution in [0.1, 0.15) is 16.1 Å². The van der Waals surface area contributed by atoms with Crippen LogP contribution in [-0.2, 0) is 0 Å². The molecular weight excluding hydrogens is 348 g/mol. The van der Waals surface area contributed by atoms with Crippen LogP contribution in [-0.4, -0.2) is 30.6 Å². The van der Waals surface area contributed by atoms with Gasteiger partial charge < -0.3 is 10.3 Å². The number of aryl methyl sites for hydroxylation is 1. The predicted octanol–water partition coefficient (Wildman–Crippen LogP) is 3.22. The molecule has 0 radical (unpaired) electrons. The number of imidazole rings is 1. The molecule has 9 heteroatoms. The second kappa shape index (κ2) is 6.37. The Balaban J connectivity index is 1.68. The smallest absolute Gasteiger partial charge is 0.270 e. The second-order valence-electron chi connectivity index (χ2n) is 5.92. The lowest BCUT2D eigenvalue weighted by molar-refractivity contribution is -0.384. The van der Waals surface area contributed by atoms with Gasteiger partial charge >= 0.3 is 0 Å². The summed E-state index contributed by atoms with van der Waals surface area (Å²) >= 11 is 0. The van der Waals surface area contributed by atoms with E-state index in [9.17, 15) is 14.9 Å². The first-order valence-electron chi connectivity index (χ1n) is 8.09. The fourth-order valence-corrected chi connectivity index (χ4v) is 2.74. The van der Waals surface area contributed by atoms with Gasteiger partial charge in [0, 0.05) is 23.8 Å². The third kappa shape index (κ3) is 3.13. The first-order valence-corrected chi connectivity index (χ1v) is 8.09. The van der Waals surface area contributed by atoms with Gasteiger partial charge in [-0.15, -0.1) is 0 Å². The number of nitrogens with zero attached hydrogens (tertiary/aromatic N) is 4. The minimum atomic E-state index is -0.542. The van der Waals surface area contributed by atoms with E-state index >= 15 is 0 Å². The number of amides is 1. The van der Waals surface area contributed by atoms with Crippen LogP contribution in [0.5, 0.6) is 0 Å². The predicted molar refractivity (Wildman–Crippen MR) is 99.0 cm³/mol. The van der Waals surface area contributed by atoms with E-state index in [0.29, 0.717) is 17.5 Å². The standard InChI is InChI=1S/C18H14N6O3/c1-11-9-16(21-17(25)12-5-4-6-13(10-12)24(26)27)23(22-11)18-19-14-7-2-3-8-15(14)20-18/h2-10H,1H3,(H,19,20)(H,21,25). The normalized spacial score (nSPS) is 10.9. The van der Waals surface area contributed by atoms with Gasteiger partial charge in [-0.2, -0.15) is 9.78 Å². The van der Waals surface area contributed by atoms with Crippen molar-refractivity contribution in [1.29, 1.82) is 0 Å². The van der Waals surface area contributed by atoms with Crippen molar-refractivity contribution in [3.63, 3.8) is 0 Å². The molecule has 0 aliphatic carbocycles. The van der Waals surface area contributed by atoms with Crippen molar-refractivity contribution < 1.29 is 9.72 Å². The number of rotatable bonds is 4. The third-order valence-corrected chi connectivity index (χ3v) is 3.97. The molecule has 4 rings (SSSR count). The van der Waals surface area contributed by atoms with Crippen LogP contribution in [0.3, 0.4) is 0 Å². The number of hydrogen-bond donors (Lipinski definition) is 2. The Morgan fingerprint density at radius 3 is 2.78 bits per heavy atom. The zero-order valence-electron chi connectivity index (χ0n) is 14.2. The summed E-state index contributed by atoms with van der Waals surface area (Å²) in [7, 11) is 0. The van der Waals surface area contributed by atoms with Crippen LogP contribution in [0.2, 0.25) is 0 Å². The number of fused-ring (bicyclic) bond motifs is 1. The highest BCUT2D eigenvalue weighted by Crippen LogP contribution is 2.20. The third-order valence-electron chi connectivity index (χ3n) is 3.97. The highest BCUT2D eigenvalue weighted by atomic mass is 16.6. The van der Waals surface area contributed by atoms with Gasteiger partial charge in [0.1, 0.15) is 5.82 Å². The van der Waals surface area contributed by atoms with Gasteiger partial charge in [0.25, 0.3) is 11.6 Å². The van der Waals surface area contributed by atoms with E-state index in [1.165, 1.54) is 28.9 Å². The average molecular weight is 362 g/mol. The van der Waals surface area contributed by atoms with Gasteiger partial charge in [-0.3, -0.25) is 14.9 Å². The molecule has 0 atom stereocenters. The minimum absolute atomic E-state index is 0.148. The summed E-state index contributed by atoms with van der Waals surface area (Å²) in [5.41, 5.74) is 2.34. The molecule has 2 aromatic heterocycles. The van der Waals surface area contributed by atoms with Crippen LogP contribution in [0.25, 0.3) is 17.0 Å². The maximum Gasteiger partial charge on any atom is 0.270 e. The van der Waals surface area contributed by atoms with Crippen molar-refractivity contribution in [2.75, 3.05) is 5.32 Å². The Labute approximate surface area is 152 Å². The van der Waals surface area contributed by atoms with Gasteiger partial charge in [0.2, 0.25) is 5.95 Å². The lowest BCUT2D eigenvalue weighted by Gasteiger charge is -2.06. The molecule has 0 saturated heterocycles. The molecule has 134 valence electrons. The van der Waals surface area contributed by atoms with Crippen LogP contribution in [0.15, 0.2) is 54.6 Å². The number of anilines is 1. The van der Waals surface area contributed by atoms with Crippen molar-refractivity contribution in [3.8, 4) is 5.95 Å². The number of nitro groups is 1. The molecule has 4 aromatic rings. The van der Waals surface area contributed by atoms with Gasteiger partial charge in [-0.1, -0.05) is 18.2 Å². The topological polar surface area (TPSA) is 119 Å². The van der Waals surface area contributed by atoms with E-state index in [-0.39, 0.29) is 11.3 Å². The highest BCUT2D eigenvalue weighted by Gasteiger charge is 2.16.